The van der Waals surface area contributed by atoms with Crippen molar-refractivity contribution in [1.82, 2.24) is 0 Å². The molecule has 2 aromatic rings. The molecule has 0 spiro atoms. The van der Waals surface area contributed by atoms with Crippen LogP contribution < -0.4 is 5.73 Å². The topological polar surface area (TPSA) is 49.8 Å². The number of fused-ring (bicyclic) bond motifs is 1. The van der Waals surface area contributed by atoms with Crippen molar-refractivity contribution >= 4 is 38.7 Å². The predicted octanol–water partition coefficient (Wildman–Crippen LogP) is 3.09. The van der Waals surface area contributed by atoms with E-state index in [1.807, 2.05) is 11.4 Å². The van der Waals surface area contributed by atoms with Crippen molar-refractivity contribution in [2.45, 2.75) is 5.88 Å². The zero-order valence-electron chi connectivity index (χ0n) is 7.25. The molecule has 0 amide bonds. The maximum atomic E-state index is 8.91. The predicted molar refractivity (Wildman–Crippen MR) is 60.5 cm³/mol. The van der Waals surface area contributed by atoms with Crippen molar-refractivity contribution in [2.24, 2.45) is 0 Å². The van der Waals surface area contributed by atoms with Crippen LogP contribution in [0.15, 0.2) is 17.5 Å². The highest BCUT2D eigenvalue weighted by Crippen LogP contribution is 2.32. The van der Waals surface area contributed by atoms with Gasteiger partial charge in [-0.2, -0.15) is 5.26 Å². The molecule has 0 aliphatic carbocycles. The molecule has 0 radical (unpaired) electrons. The minimum Gasteiger partial charge on any atom is -0.398 e. The zero-order valence-corrected chi connectivity index (χ0v) is 8.82. The SMILES string of the molecule is N#Cc1cc(N)c2sccc2c1CCl. The molecule has 0 aliphatic heterocycles. The molecule has 4 heteroatoms. The summed E-state index contributed by atoms with van der Waals surface area (Å²) in [6.07, 6.45) is 0. The lowest BCUT2D eigenvalue weighted by Crippen LogP contribution is -1.92. The third-order valence-corrected chi connectivity index (χ3v) is 3.36. The lowest BCUT2D eigenvalue weighted by molar-refractivity contribution is 1.39. The highest BCUT2D eigenvalue weighted by molar-refractivity contribution is 7.17. The Bertz CT molecular complexity index is 525. The van der Waals surface area contributed by atoms with E-state index in [9.17, 15) is 0 Å². The second-order valence-electron chi connectivity index (χ2n) is 2.90. The number of alkyl halides is 1. The third kappa shape index (κ3) is 1.24. The first kappa shape index (κ1) is 9.32. The van der Waals surface area contributed by atoms with Crippen LogP contribution >= 0.6 is 22.9 Å². The van der Waals surface area contributed by atoms with Crippen molar-refractivity contribution in [1.29, 1.82) is 5.26 Å². The number of hydrogen-bond acceptors (Lipinski definition) is 3. The summed E-state index contributed by atoms with van der Waals surface area (Å²) in [6.45, 7) is 0. The van der Waals surface area contributed by atoms with Gasteiger partial charge in [0.25, 0.3) is 0 Å². The van der Waals surface area contributed by atoms with Gasteiger partial charge < -0.3 is 5.73 Å². The summed E-state index contributed by atoms with van der Waals surface area (Å²) in [5.74, 6) is 0.344. The normalized spacial score (nSPS) is 10.3. The number of rotatable bonds is 1. The fraction of sp³-hybridized carbons (Fsp3) is 0.100. The van der Waals surface area contributed by atoms with E-state index in [1.165, 1.54) is 0 Å². The molecule has 2 N–H and O–H groups in total. The van der Waals surface area contributed by atoms with Crippen LogP contribution in [-0.2, 0) is 5.88 Å². The van der Waals surface area contributed by atoms with E-state index in [1.54, 1.807) is 17.4 Å². The largest absolute Gasteiger partial charge is 0.398 e. The van der Waals surface area contributed by atoms with Gasteiger partial charge in [0.2, 0.25) is 0 Å². The van der Waals surface area contributed by atoms with Crippen LogP contribution in [0.4, 0.5) is 5.69 Å². The molecule has 1 aromatic heterocycles. The molecule has 1 heterocycles. The zero-order chi connectivity index (χ0) is 10.1. The highest BCUT2D eigenvalue weighted by Gasteiger charge is 2.10. The van der Waals surface area contributed by atoms with Gasteiger partial charge >= 0.3 is 0 Å². The summed E-state index contributed by atoms with van der Waals surface area (Å²) >= 11 is 7.38. The Morgan fingerprint density at radius 1 is 1.57 bits per heavy atom. The molecule has 0 atom stereocenters. The van der Waals surface area contributed by atoms with E-state index in [0.29, 0.717) is 17.1 Å². The van der Waals surface area contributed by atoms with Gasteiger partial charge in [0, 0.05) is 11.3 Å². The molecule has 0 fully saturated rings. The Balaban J connectivity index is 2.90. The molecule has 0 aliphatic rings. The van der Waals surface area contributed by atoms with Crippen LogP contribution in [0.3, 0.4) is 0 Å². The minimum absolute atomic E-state index is 0.344. The molecule has 2 rings (SSSR count). The van der Waals surface area contributed by atoms with Crippen molar-refractivity contribution in [3.8, 4) is 6.07 Å². The lowest BCUT2D eigenvalue weighted by atomic mass is 10.0. The number of nitriles is 1. The quantitative estimate of drug-likeness (QED) is 0.596. The molecule has 0 unspecified atom stereocenters. The second-order valence-corrected chi connectivity index (χ2v) is 4.08. The first-order chi connectivity index (χ1) is 6.77. The second kappa shape index (κ2) is 3.49. The molecule has 14 heavy (non-hydrogen) atoms. The van der Waals surface area contributed by atoms with Crippen LogP contribution in [-0.4, -0.2) is 0 Å². The van der Waals surface area contributed by atoms with Crippen LogP contribution in [0.1, 0.15) is 11.1 Å². The third-order valence-electron chi connectivity index (χ3n) is 2.13. The van der Waals surface area contributed by atoms with Crippen molar-refractivity contribution in [3.63, 3.8) is 0 Å². The monoisotopic (exact) mass is 222 g/mol. The summed E-state index contributed by atoms with van der Waals surface area (Å²) in [6, 6.07) is 5.75. The van der Waals surface area contributed by atoms with Crippen LogP contribution in [0.2, 0.25) is 0 Å². The van der Waals surface area contributed by atoms with E-state index >= 15 is 0 Å². The first-order valence-electron chi connectivity index (χ1n) is 4.02. The van der Waals surface area contributed by atoms with Gasteiger partial charge in [-0.25, -0.2) is 0 Å². The maximum absolute atomic E-state index is 8.91. The van der Waals surface area contributed by atoms with E-state index in [-0.39, 0.29) is 0 Å². The number of nitrogens with zero attached hydrogens (tertiary/aromatic N) is 1. The Hall–Kier alpha value is -1.24. The number of nitrogen functional groups attached to an aromatic ring is 1. The lowest BCUT2D eigenvalue weighted by Gasteiger charge is -2.04. The molecule has 1 aromatic carbocycles. The van der Waals surface area contributed by atoms with Crippen LogP contribution in [0, 0.1) is 11.3 Å². The Morgan fingerprint density at radius 3 is 3.00 bits per heavy atom. The molecular formula is C10H7ClN2S. The Morgan fingerprint density at radius 2 is 2.36 bits per heavy atom. The summed E-state index contributed by atoms with van der Waals surface area (Å²) in [7, 11) is 0. The molecule has 0 bridgehead atoms. The molecule has 70 valence electrons. The number of hydrogen-bond donors (Lipinski definition) is 1. The summed E-state index contributed by atoms with van der Waals surface area (Å²) in [5.41, 5.74) is 7.92. The fourth-order valence-electron chi connectivity index (χ4n) is 1.47. The standard InChI is InChI=1S/C10H7ClN2S/c11-4-8-6(5-12)3-9(13)10-7(8)1-2-14-10/h1-3H,4,13H2. The smallest absolute Gasteiger partial charge is 0.0996 e. The summed E-state index contributed by atoms with van der Waals surface area (Å²) in [4.78, 5) is 0. The number of thiophene rings is 1. The van der Waals surface area contributed by atoms with E-state index in [4.69, 9.17) is 22.6 Å². The van der Waals surface area contributed by atoms with Crippen molar-refractivity contribution < 1.29 is 0 Å². The number of halogens is 1. The van der Waals surface area contributed by atoms with Crippen LogP contribution in [0.5, 0.6) is 0 Å². The van der Waals surface area contributed by atoms with Crippen molar-refractivity contribution in [3.05, 3.63) is 28.6 Å². The highest BCUT2D eigenvalue weighted by atomic mass is 35.5. The molecule has 2 nitrogen and oxygen atoms in total. The van der Waals surface area contributed by atoms with Gasteiger partial charge in [0.15, 0.2) is 0 Å². The van der Waals surface area contributed by atoms with E-state index < -0.39 is 0 Å². The fourth-order valence-corrected chi connectivity index (χ4v) is 2.61. The van der Waals surface area contributed by atoms with E-state index in [2.05, 4.69) is 6.07 Å². The van der Waals surface area contributed by atoms with Gasteiger partial charge in [-0.1, -0.05) is 0 Å². The average molecular weight is 223 g/mol. The number of nitrogens with two attached hydrogens (primary N) is 1. The Kier molecular flexibility index (Phi) is 2.32. The van der Waals surface area contributed by atoms with Gasteiger partial charge in [-0.15, -0.1) is 22.9 Å². The van der Waals surface area contributed by atoms with Gasteiger partial charge in [0.05, 0.1) is 22.0 Å². The summed E-state index contributed by atoms with van der Waals surface area (Å²) in [5, 5.41) is 11.9. The van der Waals surface area contributed by atoms with Gasteiger partial charge in [0.1, 0.15) is 0 Å². The number of benzene rings is 1. The van der Waals surface area contributed by atoms with Gasteiger partial charge in [-0.05, 0) is 23.1 Å². The Labute approximate surface area is 90.5 Å². The van der Waals surface area contributed by atoms with Gasteiger partial charge in [-0.3, -0.25) is 0 Å². The first-order valence-corrected chi connectivity index (χ1v) is 5.44. The minimum atomic E-state index is 0.344. The number of anilines is 1. The average Bonchev–Trinajstić information content (AvgIpc) is 2.66. The maximum Gasteiger partial charge on any atom is 0.0996 e. The van der Waals surface area contributed by atoms with Crippen LogP contribution in [0.25, 0.3) is 10.1 Å². The van der Waals surface area contributed by atoms with E-state index in [0.717, 1.165) is 15.6 Å². The molecule has 0 saturated carbocycles. The molecular weight excluding hydrogens is 216 g/mol. The summed E-state index contributed by atoms with van der Waals surface area (Å²) < 4.78 is 1.01. The molecule has 0 saturated heterocycles. The van der Waals surface area contributed by atoms with Crippen molar-refractivity contribution in [2.75, 3.05) is 5.73 Å².